The van der Waals surface area contributed by atoms with E-state index in [1.54, 1.807) is 33.1 Å². The molecule has 26 heavy (non-hydrogen) atoms. The second kappa shape index (κ2) is 7.54. The Balaban J connectivity index is 1.73. The molecule has 138 valence electrons. The maximum atomic E-state index is 13.0. The summed E-state index contributed by atoms with van der Waals surface area (Å²) in [6, 6.07) is 10.5. The smallest absolute Gasteiger partial charge is 0.254 e. The monoisotopic (exact) mass is 356 g/mol. The number of aromatic nitrogens is 1. The molecule has 1 aromatic carbocycles. The van der Waals surface area contributed by atoms with E-state index in [1.807, 2.05) is 23.2 Å². The van der Waals surface area contributed by atoms with Gasteiger partial charge in [-0.15, -0.1) is 0 Å². The molecule has 1 aliphatic heterocycles. The van der Waals surface area contributed by atoms with Crippen molar-refractivity contribution < 1.29 is 13.9 Å². The van der Waals surface area contributed by atoms with Crippen LogP contribution in [0.1, 0.15) is 49.6 Å². The van der Waals surface area contributed by atoms with Gasteiger partial charge in [0, 0.05) is 19.9 Å². The fraction of sp³-hybridized carbons (Fsp3) is 0.429. The summed E-state index contributed by atoms with van der Waals surface area (Å²) in [7, 11) is 1.56. The van der Waals surface area contributed by atoms with Crippen molar-refractivity contribution >= 4 is 5.91 Å². The fourth-order valence-corrected chi connectivity index (χ4v) is 3.33. The van der Waals surface area contributed by atoms with Crippen LogP contribution in [0.25, 0.3) is 0 Å². The Morgan fingerprint density at radius 3 is 2.54 bits per heavy atom. The molecule has 0 aliphatic carbocycles. The minimum atomic E-state index is -0.828. The normalized spacial score (nSPS) is 17.5. The van der Waals surface area contributed by atoms with Gasteiger partial charge in [-0.1, -0.05) is 18.2 Å². The lowest BCUT2D eigenvalue weighted by Crippen LogP contribution is -2.46. The van der Waals surface area contributed by atoms with Crippen LogP contribution in [0.4, 0.5) is 4.39 Å². The van der Waals surface area contributed by atoms with Crippen LogP contribution >= 0.6 is 0 Å². The first kappa shape index (κ1) is 18.5. The van der Waals surface area contributed by atoms with Gasteiger partial charge in [0.05, 0.1) is 11.7 Å². The summed E-state index contributed by atoms with van der Waals surface area (Å²) >= 11 is 0. The largest absolute Gasteiger partial charge is 0.369 e. The summed E-state index contributed by atoms with van der Waals surface area (Å²) in [5.74, 6) is -0.230. The highest BCUT2D eigenvalue weighted by molar-refractivity contribution is 5.85. The molecular formula is C21H25FN2O2. The third-order valence-corrected chi connectivity index (χ3v) is 5.05. The number of amides is 1. The van der Waals surface area contributed by atoms with E-state index in [-0.39, 0.29) is 17.8 Å². The summed E-state index contributed by atoms with van der Waals surface area (Å²) < 4.78 is 18.4. The fourth-order valence-electron chi connectivity index (χ4n) is 3.33. The van der Waals surface area contributed by atoms with Gasteiger partial charge in [-0.2, -0.15) is 0 Å². The number of ether oxygens (including phenoxy) is 1. The van der Waals surface area contributed by atoms with E-state index in [2.05, 4.69) is 4.98 Å². The van der Waals surface area contributed by atoms with Crippen molar-refractivity contribution in [2.75, 3.05) is 13.7 Å². The minimum absolute atomic E-state index is 0.000288. The maximum Gasteiger partial charge on any atom is 0.254 e. The molecule has 2 heterocycles. The van der Waals surface area contributed by atoms with Crippen LogP contribution in [0.5, 0.6) is 0 Å². The predicted molar refractivity (Wildman–Crippen MR) is 98.2 cm³/mol. The quantitative estimate of drug-likeness (QED) is 0.816. The SMILES string of the molecule is COC(C)(C)C(=O)N1CCCC1c1ccc(Cc2ccc(F)cc2)cn1. The first-order chi connectivity index (χ1) is 12.4. The number of halogens is 1. The van der Waals surface area contributed by atoms with Crippen LogP contribution in [-0.2, 0) is 16.0 Å². The Labute approximate surface area is 154 Å². The van der Waals surface area contributed by atoms with Gasteiger partial charge in [0.1, 0.15) is 11.4 Å². The summed E-state index contributed by atoms with van der Waals surface area (Å²) in [4.78, 5) is 19.2. The zero-order valence-electron chi connectivity index (χ0n) is 15.5. The lowest BCUT2D eigenvalue weighted by molar-refractivity contribution is -0.152. The molecule has 1 atom stereocenters. The van der Waals surface area contributed by atoms with Gasteiger partial charge in [0.15, 0.2) is 0 Å². The van der Waals surface area contributed by atoms with Crippen LogP contribution in [0.2, 0.25) is 0 Å². The highest BCUT2D eigenvalue weighted by Crippen LogP contribution is 2.33. The number of carbonyl (C=O) groups excluding carboxylic acids is 1. The highest BCUT2D eigenvalue weighted by Gasteiger charge is 2.38. The van der Waals surface area contributed by atoms with Gasteiger partial charge in [0.2, 0.25) is 0 Å². The summed E-state index contributed by atoms with van der Waals surface area (Å²) in [5.41, 5.74) is 2.19. The molecule has 1 fully saturated rings. The van der Waals surface area contributed by atoms with E-state index in [9.17, 15) is 9.18 Å². The van der Waals surface area contributed by atoms with Crippen molar-refractivity contribution in [3.05, 3.63) is 65.2 Å². The molecule has 3 rings (SSSR count). The van der Waals surface area contributed by atoms with Crippen LogP contribution in [0, 0.1) is 5.82 Å². The van der Waals surface area contributed by atoms with Gasteiger partial charge >= 0.3 is 0 Å². The molecule has 5 heteroatoms. The number of pyridine rings is 1. The Kier molecular flexibility index (Phi) is 5.37. The van der Waals surface area contributed by atoms with Gasteiger partial charge in [0.25, 0.3) is 5.91 Å². The number of likely N-dealkylation sites (tertiary alicyclic amines) is 1. The Bertz CT molecular complexity index is 757. The van der Waals surface area contributed by atoms with E-state index in [1.165, 1.54) is 12.1 Å². The van der Waals surface area contributed by atoms with E-state index >= 15 is 0 Å². The van der Waals surface area contributed by atoms with Crippen molar-refractivity contribution in [3.63, 3.8) is 0 Å². The Morgan fingerprint density at radius 2 is 1.92 bits per heavy atom. The van der Waals surface area contributed by atoms with Crippen molar-refractivity contribution in [2.24, 2.45) is 0 Å². The molecule has 2 aromatic rings. The van der Waals surface area contributed by atoms with E-state index in [0.717, 1.165) is 36.2 Å². The molecule has 0 bridgehead atoms. The molecular weight excluding hydrogens is 331 g/mol. The molecule has 0 spiro atoms. The number of hydrogen-bond donors (Lipinski definition) is 0. The number of hydrogen-bond acceptors (Lipinski definition) is 3. The topological polar surface area (TPSA) is 42.4 Å². The third kappa shape index (κ3) is 3.93. The second-order valence-electron chi connectivity index (χ2n) is 7.27. The summed E-state index contributed by atoms with van der Waals surface area (Å²) in [5, 5.41) is 0. The van der Waals surface area contributed by atoms with Gasteiger partial charge < -0.3 is 9.64 Å². The third-order valence-electron chi connectivity index (χ3n) is 5.05. The molecule has 1 aromatic heterocycles. The average molecular weight is 356 g/mol. The number of benzene rings is 1. The second-order valence-corrected chi connectivity index (χ2v) is 7.27. The lowest BCUT2D eigenvalue weighted by Gasteiger charge is -2.32. The summed E-state index contributed by atoms with van der Waals surface area (Å²) in [6.45, 7) is 4.32. The van der Waals surface area contributed by atoms with E-state index in [0.29, 0.717) is 6.42 Å². The van der Waals surface area contributed by atoms with Crippen molar-refractivity contribution in [3.8, 4) is 0 Å². The average Bonchev–Trinajstić information content (AvgIpc) is 3.13. The lowest BCUT2D eigenvalue weighted by atomic mass is 10.0. The van der Waals surface area contributed by atoms with E-state index in [4.69, 9.17) is 4.74 Å². The summed E-state index contributed by atoms with van der Waals surface area (Å²) in [6.07, 6.45) is 4.43. The van der Waals surface area contributed by atoms with Crippen LogP contribution in [-0.4, -0.2) is 35.0 Å². The van der Waals surface area contributed by atoms with Crippen molar-refractivity contribution in [1.29, 1.82) is 0 Å². The highest BCUT2D eigenvalue weighted by atomic mass is 19.1. The maximum absolute atomic E-state index is 13.0. The molecule has 1 amide bonds. The number of methoxy groups -OCH3 is 1. The minimum Gasteiger partial charge on any atom is -0.369 e. The standard InChI is InChI=1S/C21H25FN2O2/c1-21(2,26-3)20(25)24-12-4-5-19(24)18-11-8-16(14-23-18)13-15-6-9-17(22)10-7-15/h6-11,14,19H,4-5,12-13H2,1-3H3. The first-order valence-corrected chi connectivity index (χ1v) is 8.96. The van der Waals surface area contributed by atoms with Gasteiger partial charge in [-0.05, 0) is 62.4 Å². The molecule has 0 N–H and O–H groups in total. The Morgan fingerprint density at radius 1 is 1.23 bits per heavy atom. The first-order valence-electron chi connectivity index (χ1n) is 8.96. The van der Waals surface area contributed by atoms with Crippen molar-refractivity contribution in [1.82, 2.24) is 9.88 Å². The predicted octanol–water partition coefficient (Wildman–Crippen LogP) is 3.90. The van der Waals surface area contributed by atoms with Crippen LogP contribution < -0.4 is 0 Å². The number of rotatable bonds is 5. The zero-order valence-corrected chi connectivity index (χ0v) is 15.5. The molecule has 1 aliphatic rings. The number of carbonyl (C=O) groups is 1. The van der Waals surface area contributed by atoms with Crippen molar-refractivity contribution in [2.45, 2.75) is 44.8 Å². The van der Waals surface area contributed by atoms with Gasteiger partial charge in [-0.25, -0.2) is 4.39 Å². The van der Waals surface area contributed by atoms with E-state index < -0.39 is 5.60 Å². The molecule has 1 saturated heterocycles. The molecule has 1 unspecified atom stereocenters. The zero-order chi connectivity index (χ0) is 18.7. The molecule has 0 radical (unpaired) electrons. The molecule has 0 saturated carbocycles. The Hall–Kier alpha value is -2.27. The van der Waals surface area contributed by atoms with Gasteiger partial charge in [-0.3, -0.25) is 9.78 Å². The van der Waals surface area contributed by atoms with Crippen LogP contribution in [0.15, 0.2) is 42.6 Å². The van der Waals surface area contributed by atoms with Crippen LogP contribution in [0.3, 0.4) is 0 Å². The molecule has 4 nitrogen and oxygen atoms in total. The number of nitrogens with zero attached hydrogens (tertiary/aromatic N) is 2.